The molecule has 0 spiro atoms. The first-order chi connectivity index (χ1) is 16.1. The molecule has 1 aliphatic heterocycles. The highest BCUT2D eigenvalue weighted by Crippen LogP contribution is 2.29. The van der Waals surface area contributed by atoms with Crippen molar-refractivity contribution in [1.82, 2.24) is 25.0 Å². The molecule has 0 unspecified atom stereocenters. The van der Waals surface area contributed by atoms with Crippen molar-refractivity contribution in [2.75, 3.05) is 6.54 Å². The van der Waals surface area contributed by atoms with E-state index in [1.807, 2.05) is 0 Å². The van der Waals surface area contributed by atoms with E-state index in [1.54, 1.807) is 20.8 Å². The fourth-order valence-electron chi connectivity index (χ4n) is 3.71. The molecule has 13 heteroatoms. The first-order valence-electron chi connectivity index (χ1n) is 10.7. The van der Waals surface area contributed by atoms with Crippen LogP contribution >= 0.6 is 0 Å². The summed E-state index contributed by atoms with van der Waals surface area (Å²) in [6.45, 7) is 8.63. The van der Waals surface area contributed by atoms with Crippen molar-refractivity contribution >= 4 is 5.91 Å². The summed E-state index contributed by atoms with van der Waals surface area (Å²) in [7, 11) is 0. The van der Waals surface area contributed by atoms with Gasteiger partial charge in [0.15, 0.2) is 23.3 Å². The molecule has 0 bridgehead atoms. The van der Waals surface area contributed by atoms with E-state index in [0.29, 0.717) is 12.1 Å². The summed E-state index contributed by atoms with van der Waals surface area (Å²) < 4.78 is 87.0. The number of alkyl halides is 3. The normalized spacial score (nSPS) is 14.9. The van der Waals surface area contributed by atoms with E-state index in [2.05, 4.69) is 22.1 Å². The van der Waals surface area contributed by atoms with Gasteiger partial charge < -0.3 is 19.5 Å². The summed E-state index contributed by atoms with van der Waals surface area (Å²) in [6, 6.07) is 0.279. The van der Waals surface area contributed by atoms with Crippen LogP contribution in [-0.2, 0) is 35.2 Å². The Morgan fingerprint density at radius 1 is 1.11 bits per heavy atom. The van der Waals surface area contributed by atoms with Gasteiger partial charge in [-0.15, -0.1) is 10.2 Å². The van der Waals surface area contributed by atoms with Gasteiger partial charge in [-0.05, 0) is 45.4 Å². The fourth-order valence-corrected chi connectivity index (χ4v) is 3.71. The number of ether oxygens (including phenoxy) is 1. The lowest BCUT2D eigenvalue weighted by Crippen LogP contribution is -2.43. The van der Waals surface area contributed by atoms with Gasteiger partial charge in [-0.2, -0.15) is 13.2 Å². The average molecular weight is 505 g/mol. The van der Waals surface area contributed by atoms with Gasteiger partial charge >= 0.3 is 6.18 Å². The SMILES string of the molecule is C=C(N[C@@H](CC(=O)N1CCn2c(nnc2C(F)(F)F)C1)Cc1cc(F)c(F)cc1F)OC(C)(C)C. The lowest BCUT2D eigenvalue weighted by molar-refractivity contribution is -0.148. The molecule has 192 valence electrons. The summed E-state index contributed by atoms with van der Waals surface area (Å²) in [5.74, 6) is -5.13. The van der Waals surface area contributed by atoms with Gasteiger partial charge in [-0.1, -0.05) is 0 Å². The van der Waals surface area contributed by atoms with Crippen molar-refractivity contribution in [3.05, 3.63) is 59.3 Å². The van der Waals surface area contributed by atoms with Crippen LogP contribution in [0.5, 0.6) is 0 Å². The summed E-state index contributed by atoms with van der Waals surface area (Å²) in [4.78, 5) is 14.3. The van der Waals surface area contributed by atoms with Gasteiger partial charge in [0.1, 0.15) is 11.4 Å². The Labute approximate surface area is 197 Å². The Kier molecular flexibility index (Phi) is 7.37. The summed E-state index contributed by atoms with van der Waals surface area (Å²) in [5.41, 5.74) is -0.815. The Hall–Kier alpha value is -3.25. The second-order valence-corrected chi connectivity index (χ2v) is 9.15. The first kappa shape index (κ1) is 26.4. The molecule has 0 saturated carbocycles. The molecular formula is C22H25F6N5O2. The van der Waals surface area contributed by atoms with Crippen molar-refractivity contribution in [3.8, 4) is 0 Å². The molecule has 1 aromatic carbocycles. The van der Waals surface area contributed by atoms with Crippen LogP contribution in [0.2, 0.25) is 0 Å². The van der Waals surface area contributed by atoms with E-state index in [9.17, 15) is 31.1 Å². The largest absolute Gasteiger partial charge is 0.474 e. The Morgan fingerprint density at radius 2 is 1.77 bits per heavy atom. The highest BCUT2D eigenvalue weighted by Gasteiger charge is 2.40. The molecule has 35 heavy (non-hydrogen) atoms. The number of hydrogen-bond donors (Lipinski definition) is 1. The van der Waals surface area contributed by atoms with Crippen LogP contribution in [-0.4, -0.2) is 43.8 Å². The van der Waals surface area contributed by atoms with Crippen LogP contribution in [0.15, 0.2) is 24.6 Å². The zero-order valence-corrected chi connectivity index (χ0v) is 19.3. The number of fused-ring (bicyclic) bond motifs is 1. The molecule has 0 aliphatic carbocycles. The molecule has 0 saturated heterocycles. The molecule has 1 aliphatic rings. The average Bonchev–Trinajstić information content (AvgIpc) is 3.14. The number of carbonyl (C=O) groups is 1. The van der Waals surface area contributed by atoms with Crippen molar-refractivity contribution in [2.24, 2.45) is 0 Å². The lowest BCUT2D eigenvalue weighted by atomic mass is 10.0. The number of amides is 1. The molecule has 1 atom stereocenters. The molecule has 1 amide bonds. The Morgan fingerprint density at radius 3 is 2.40 bits per heavy atom. The van der Waals surface area contributed by atoms with Gasteiger partial charge in [0.25, 0.3) is 0 Å². The monoisotopic (exact) mass is 505 g/mol. The minimum atomic E-state index is -4.67. The van der Waals surface area contributed by atoms with Crippen LogP contribution in [0.1, 0.15) is 44.4 Å². The molecule has 2 aromatic rings. The number of carbonyl (C=O) groups excluding carboxylic acids is 1. The zero-order chi connectivity index (χ0) is 26.1. The molecule has 0 radical (unpaired) electrons. The number of nitrogens with one attached hydrogen (secondary N) is 1. The molecule has 3 rings (SSSR count). The van der Waals surface area contributed by atoms with Gasteiger partial charge in [-0.25, -0.2) is 13.2 Å². The van der Waals surface area contributed by atoms with Crippen LogP contribution in [0.3, 0.4) is 0 Å². The smallest absolute Gasteiger partial charge is 0.451 e. The van der Waals surface area contributed by atoms with Gasteiger partial charge in [-0.3, -0.25) is 4.79 Å². The quantitative estimate of drug-likeness (QED) is 0.351. The fraction of sp³-hybridized carbons (Fsp3) is 0.500. The van der Waals surface area contributed by atoms with Crippen molar-refractivity contribution in [2.45, 2.75) is 64.5 Å². The van der Waals surface area contributed by atoms with E-state index in [-0.39, 0.29) is 49.7 Å². The molecule has 7 nitrogen and oxygen atoms in total. The Balaban J connectivity index is 1.76. The number of halogens is 6. The Bertz CT molecular complexity index is 1110. The zero-order valence-electron chi connectivity index (χ0n) is 19.3. The maximum absolute atomic E-state index is 14.3. The van der Waals surface area contributed by atoms with Crippen LogP contribution in [0, 0.1) is 17.5 Å². The second kappa shape index (κ2) is 9.78. The number of hydrogen-bond acceptors (Lipinski definition) is 5. The van der Waals surface area contributed by atoms with Crippen LogP contribution in [0.4, 0.5) is 26.3 Å². The van der Waals surface area contributed by atoms with Crippen molar-refractivity contribution < 1.29 is 35.9 Å². The maximum Gasteiger partial charge on any atom is 0.451 e. The van der Waals surface area contributed by atoms with Crippen molar-refractivity contribution in [3.63, 3.8) is 0 Å². The highest BCUT2D eigenvalue weighted by atomic mass is 19.4. The van der Waals surface area contributed by atoms with Crippen molar-refractivity contribution in [1.29, 1.82) is 0 Å². The predicted molar refractivity (Wildman–Crippen MR) is 112 cm³/mol. The van der Waals surface area contributed by atoms with E-state index < -0.39 is 47.0 Å². The van der Waals surface area contributed by atoms with Gasteiger partial charge in [0, 0.05) is 31.6 Å². The van der Waals surface area contributed by atoms with Crippen LogP contribution < -0.4 is 5.32 Å². The third-order valence-electron chi connectivity index (χ3n) is 5.13. The van der Waals surface area contributed by atoms with Crippen LogP contribution in [0.25, 0.3) is 0 Å². The standard InChI is InChI=1S/C22H25F6N5O2/c1-12(35-21(2,3)4)29-14(7-13-8-16(24)17(25)10-15(13)23)9-19(34)32-5-6-33-18(11-32)30-31-20(33)22(26,27)28/h8,10,14,29H,1,5-7,9,11H2,2-4H3/t14-/m1/s1. The minimum Gasteiger partial charge on any atom is -0.474 e. The summed E-state index contributed by atoms with van der Waals surface area (Å²) in [6.07, 6.45) is -5.15. The third kappa shape index (κ3) is 6.67. The maximum atomic E-state index is 14.3. The van der Waals surface area contributed by atoms with E-state index in [1.165, 1.54) is 4.90 Å². The highest BCUT2D eigenvalue weighted by molar-refractivity contribution is 5.77. The lowest BCUT2D eigenvalue weighted by Gasteiger charge is -2.31. The van der Waals surface area contributed by atoms with Gasteiger partial charge in [0.05, 0.1) is 6.54 Å². The molecule has 1 N–H and O–H groups in total. The first-order valence-corrected chi connectivity index (χ1v) is 10.7. The second-order valence-electron chi connectivity index (χ2n) is 9.15. The third-order valence-corrected chi connectivity index (χ3v) is 5.13. The summed E-state index contributed by atoms with van der Waals surface area (Å²) in [5, 5.41) is 9.59. The molecule has 2 heterocycles. The summed E-state index contributed by atoms with van der Waals surface area (Å²) >= 11 is 0. The van der Waals surface area contributed by atoms with E-state index in [4.69, 9.17) is 4.74 Å². The molecule has 1 aromatic heterocycles. The predicted octanol–water partition coefficient (Wildman–Crippen LogP) is 3.93. The van der Waals surface area contributed by atoms with Gasteiger partial charge in [0.2, 0.25) is 11.7 Å². The number of benzene rings is 1. The van der Waals surface area contributed by atoms with E-state index in [0.717, 1.165) is 4.57 Å². The minimum absolute atomic E-state index is 0.0199. The number of aromatic nitrogens is 3. The molecule has 0 fully saturated rings. The number of rotatable bonds is 7. The van der Waals surface area contributed by atoms with E-state index >= 15 is 0 Å². The molecular weight excluding hydrogens is 480 g/mol. The topological polar surface area (TPSA) is 72.3 Å². The number of nitrogens with zero attached hydrogens (tertiary/aromatic N) is 4.